The normalized spacial score (nSPS) is 16.8. The fourth-order valence-corrected chi connectivity index (χ4v) is 2.78. The first kappa shape index (κ1) is 15.6. The highest BCUT2D eigenvalue weighted by Gasteiger charge is 2.21. The van der Waals surface area contributed by atoms with Crippen LogP contribution in [0, 0.1) is 0 Å². The average molecular weight is 333 g/mol. The van der Waals surface area contributed by atoms with Crippen LogP contribution in [0.4, 0.5) is 4.39 Å². The molecule has 0 atom stereocenters. The monoisotopic (exact) mass is 332 g/mol. The van der Waals surface area contributed by atoms with Gasteiger partial charge in [0.05, 0.1) is 17.7 Å². The van der Waals surface area contributed by atoms with Crippen LogP contribution in [-0.4, -0.2) is 19.7 Å². The topological polar surface area (TPSA) is 35.5 Å². The Hall–Kier alpha value is -2.33. The minimum Gasteiger partial charge on any atom is -0.489 e. The Labute approximate surface area is 138 Å². The molecule has 0 bridgehead atoms. The van der Waals surface area contributed by atoms with E-state index in [9.17, 15) is 9.18 Å². The first-order valence-corrected chi connectivity index (χ1v) is 7.45. The summed E-state index contributed by atoms with van der Waals surface area (Å²) in [6.07, 6.45) is 6.96. The van der Waals surface area contributed by atoms with Crippen molar-refractivity contribution >= 4 is 23.1 Å². The van der Waals surface area contributed by atoms with Crippen molar-refractivity contribution in [3.8, 4) is 5.75 Å². The van der Waals surface area contributed by atoms with E-state index in [2.05, 4.69) is 0 Å². The number of hydrogen-bond donors (Lipinski definition) is 0. The lowest BCUT2D eigenvalue weighted by Gasteiger charge is -2.21. The van der Waals surface area contributed by atoms with Crippen molar-refractivity contribution in [2.45, 2.75) is 6.42 Å². The maximum absolute atomic E-state index is 13.6. The number of esters is 1. The first-order valence-electron chi connectivity index (χ1n) is 7.07. The van der Waals surface area contributed by atoms with Gasteiger partial charge in [0.15, 0.2) is 0 Å². The Morgan fingerprint density at radius 1 is 1.39 bits per heavy atom. The summed E-state index contributed by atoms with van der Waals surface area (Å²) >= 11 is 6.00. The number of rotatable bonds is 2. The fraction of sp³-hybridized carbons (Fsp3) is 0.167. The van der Waals surface area contributed by atoms with Crippen LogP contribution in [-0.2, 0) is 4.74 Å². The second-order valence-electron chi connectivity index (χ2n) is 5.11. The Kier molecular flexibility index (Phi) is 4.35. The third kappa shape index (κ3) is 3.08. The molecule has 0 unspecified atom stereocenters. The molecule has 1 aromatic carbocycles. The molecule has 1 heterocycles. The molecule has 0 N–H and O–H groups in total. The van der Waals surface area contributed by atoms with Crippen LogP contribution in [0.25, 0.3) is 5.57 Å². The largest absolute Gasteiger partial charge is 0.489 e. The number of halogens is 2. The van der Waals surface area contributed by atoms with E-state index in [-0.39, 0.29) is 11.5 Å². The van der Waals surface area contributed by atoms with Crippen LogP contribution in [0.15, 0.2) is 58.9 Å². The highest BCUT2D eigenvalue weighted by Crippen LogP contribution is 2.39. The van der Waals surface area contributed by atoms with Gasteiger partial charge >= 0.3 is 5.97 Å². The van der Waals surface area contributed by atoms with Crippen LogP contribution in [0.1, 0.15) is 22.3 Å². The lowest BCUT2D eigenvalue weighted by molar-refractivity contribution is 0.0600. The first-order chi connectivity index (χ1) is 11.1. The van der Waals surface area contributed by atoms with Crippen molar-refractivity contribution in [3.05, 3.63) is 70.1 Å². The van der Waals surface area contributed by atoms with E-state index in [1.807, 2.05) is 12.2 Å². The van der Waals surface area contributed by atoms with E-state index in [1.165, 1.54) is 13.2 Å². The number of benzene rings is 1. The van der Waals surface area contributed by atoms with Crippen molar-refractivity contribution < 1.29 is 18.7 Å². The SMILES string of the molecule is COC(=O)c1ccc2c(c1)C(C1=CC=CC(F)=C(Cl)C1)=CCO2. The standard InChI is InChI=1S/C18H14ClFO3/c1-22-18(21)12-5-6-17-14(9-12)13(7-8-23-17)11-3-2-4-16(20)15(19)10-11/h2-7,9H,8,10H2,1H3. The van der Waals surface area contributed by atoms with Crippen molar-refractivity contribution in [2.75, 3.05) is 13.7 Å². The average Bonchev–Trinajstić information content (AvgIpc) is 2.74. The van der Waals surface area contributed by atoms with E-state index in [1.54, 1.807) is 24.3 Å². The summed E-state index contributed by atoms with van der Waals surface area (Å²) in [5, 5.41) is 0.156. The molecule has 0 fully saturated rings. The number of hydrogen-bond acceptors (Lipinski definition) is 3. The molecule has 0 aromatic heterocycles. The van der Waals surface area contributed by atoms with Crippen molar-refractivity contribution in [1.29, 1.82) is 0 Å². The fourth-order valence-electron chi connectivity index (χ4n) is 2.57. The zero-order valence-corrected chi connectivity index (χ0v) is 13.2. The number of carbonyl (C=O) groups is 1. The molecule has 1 aliphatic carbocycles. The van der Waals surface area contributed by atoms with Crippen LogP contribution >= 0.6 is 11.6 Å². The van der Waals surface area contributed by atoms with E-state index >= 15 is 0 Å². The molecule has 5 heteroatoms. The van der Waals surface area contributed by atoms with Gasteiger partial charge in [0.25, 0.3) is 0 Å². The molecule has 23 heavy (non-hydrogen) atoms. The molecule has 118 valence electrons. The van der Waals surface area contributed by atoms with Crippen LogP contribution in [0.3, 0.4) is 0 Å². The predicted molar refractivity (Wildman–Crippen MR) is 87.1 cm³/mol. The number of methoxy groups -OCH3 is 1. The summed E-state index contributed by atoms with van der Waals surface area (Å²) in [5.41, 5.74) is 2.95. The summed E-state index contributed by atoms with van der Waals surface area (Å²) in [5.74, 6) is -0.185. The third-order valence-corrected chi connectivity index (χ3v) is 4.02. The minimum absolute atomic E-state index is 0.156. The zero-order valence-electron chi connectivity index (χ0n) is 12.4. The molecule has 2 aliphatic rings. The molecular formula is C18H14ClFO3. The number of carbonyl (C=O) groups excluding carboxylic acids is 1. The third-order valence-electron chi connectivity index (χ3n) is 3.71. The maximum atomic E-state index is 13.6. The maximum Gasteiger partial charge on any atom is 0.337 e. The van der Waals surface area contributed by atoms with Gasteiger partial charge in [-0.15, -0.1) is 0 Å². The lowest BCUT2D eigenvalue weighted by atomic mass is 9.92. The van der Waals surface area contributed by atoms with E-state index < -0.39 is 11.8 Å². The summed E-state index contributed by atoms with van der Waals surface area (Å²) in [6.45, 7) is 0.408. The van der Waals surface area contributed by atoms with Gasteiger partial charge in [0, 0.05) is 12.0 Å². The van der Waals surface area contributed by atoms with Gasteiger partial charge < -0.3 is 9.47 Å². The Bertz CT molecular complexity index is 787. The van der Waals surface area contributed by atoms with E-state index in [0.717, 1.165) is 16.7 Å². The van der Waals surface area contributed by atoms with Gasteiger partial charge in [-0.25, -0.2) is 9.18 Å². The zero-order chi connectivity index (χ0) is 16.4. The summed E-state index contributed by atoms with van der Waals surface area (Å²) in [7, 11) is 1.33. The summed E-state index contributed by atoms with van der Waals surface area (Å²) < 4.78 is 24.0. The molecule has 0 spiro atoms. The quantitative estimate of drug-likeness (QED) is 0.745. The van der Waals surface area contributed by atoms with Gasteiger partial charge in [0.1, 0.15) is 18.2 Å². The van der Waals surface area contributed by atoms with Crippen molar-refractivity contribution in [3.63, 3.8) is 0 Å². The van der Waals surface area contributed by atoms with Crippen molar-refractivity contribution in [2.24, 2.45) is 0 Å². The smallest absolute Gasteiger partial charge is 0.337 e. The molecular weight excluding hydrogens is 319 g/mol. The number of fused-ring (bicyclic) bond motifs is 1. The second-order valence-corrected chi connectivity index (χ2v) is 5.57. The molecule has 0 amide bonds. The van der Waals surface area contributed by atoms with Gasteiger partial charge in [-0.05, 0) is 41.5 Å². The molecule has 0 saturated carbocycles. The van der Waals surface area contributed by atoms with Crippen LogP contribution in [0.5, 0.6) is 5.75 Å². The number of ether oxygens (including phenoxy) is 2. The molecule has 1 aliphatic heterocycles. The Morgan fingerprint density at radius 3 is 3.00 bits per heavy atom. The highest BCUT2D eigenvalue weighted by molar-refractivity contribution is 6.30. The Morgan fingerprint density at radius 2 is 2.22 bits per heavy atom. The lowest BCUT2D eigenvalue weighted by Crippen LogP contribution is -2.09. The highest BCUT2D eigenvalue weighted by atomic mass is 35.5. The van der Waals surface area contributed by atoms with Crippen LogP contribution < -0.4 is 4.74 Å². The van der Waals surface area contributed by atoms with Crippen LogP contribution in [0.2, 0.25) is 0 Å². The minimum atomic E-state index is -0.436. The van der Waals surface area contributed by atoms with Gasteiger partial charge in [-0.3, -0.25) is 0 Å². The van der Waals surface area contributed by atoms with Gasteiger partial charge in [0.2, 0.25) is 0 Å². The Balaban J connectivity index is 2.03. The van der Waals surface area contributed by atoms with Gasteiger partial charge in [-0.1, -0.05) is 23.8 Å². The van der Waals surface area contributed by atoms with E-state index in [4.69, 9.17) is 21.1 Å². The number of allylic oxidation sites excluding steroid dienone is 7. The molecule has 1 aromatic rings. The molecule has 3 rings (SSSR count). The molecule has 0 saturated heterocycles. The summed E-state index contributed by atoms with van der Waals surface area (Å²) in [4.78, 5) is 11.7. The van der Waals surface area contributed by atoms with E-state index in [0.29, 0.717) is 17.9 Å². The molecule has 3 nitrogen and oxygen atoms in total. The molecule has 0 radical (unpaired) electrons. The van der Waals surface area contributed by atoms with Gasteiger partial charge in [-0.2, -0.15) is 0 Å². The van der Waals surface area contributed by atoms with Crippen molar-refractivity contribution in [1.82, 2.24) is 0 Å². The second kappa shape index (κ2) is 6.42. The summed E-state index contributed by atoms with van der Waals surface area (Å²) in [6, 6.07) is 5.11. The predicted octanol–water partition coefficient (Wildman–Crippen LogP) is 4.56.